The topological polar surface area (TPSA) is 86.8 Å². The Bertz CT molecular complexity index is 1550. The van der Waals surface area contributed by atoms with E-state index < -0.39 is 34.1 Å². The zero-order valence-corrected chi connectivity index (χ0v) is 27.5. The van der Waals surface area contributed by atoms with Gasteiger partial charge in [0, 0.05) is 12.1 Å². The summed E-state index contributed by atoms with van der Waals surface area (Å²) in [5.74, 6) is -0.869. The molecule has 0 saturated heterocycles. The molecule has 0 aromatic heterocycles. The maximum Gasteiger partial charge on any atom is 0.264 e. The molecular weight excluding hydrogens is 593 g/mol. The van der Waals surface area contributed by atoms with Crippen LogP contribution in [0.1, 0.15) is 56.4 Å². The van der Waals surface area contributed by atoms with Crippen LogP contribution in [0.25, 0.3) is 0 Å². The molecule has 0 radical (unpaired) electrons. The number of carbonyl (C=O) groups is 2. The third-order valence-electron chi connectivity index (χ3n) is 6.74. The molecule has 0 fully saturated rings. The van der Waals surface area contributed by atoms with E-state index in [0.717, 1.165) is 15.4 Å². The number of benzene rings is 3. The number of anilines is 1. The minimum absolute atomic E-state index is 0.0248. The van der Waals surface area contributed by atoms with Gasteiger partial charge in [0.2, 0.25) is 11.8 Å². The van der Waals surface area contributed by atoms with Gasteiger partial charge in [-0.05, 0) is 95.0 Å². The third-order valence-corrected chi connectivity index (χ3v) is 9.26. The Hall–Kier alpha value is -3.07. The van der Waals surface area contributed by atoms with E-state index in [1.807, 2.05) is 53.7 Å². The minimum atomic E-state index is -4.16. The first-order valence-electron chi connectivity index (χ1n) is 13.8. The van der Waals surface area contributed by atoms with Crippen molar-refractivity contribution >= 4 is 50.7 Å². The molecule has 1 N–H and O–H groups in total. The number of nitrogens with zero attached hydrogens (tertiary/aromatic N) is 2. The van der Waals surface area contributed by atoms with Crippen LogP contribution in [0.5, 0.6) is 0 Å². The summed E-state index contributed by atoms with van der Waals surface area (Å²) < 4.78 is 29.4. The van der Waals surface area contributed by atoms with E-state index in [1.165, 1.54) is 17.0 Å². The van der Waals surface area contributed by atoms with Crippen molar-refractivity contribution in [2.24, 2.45) is 0 Å². The molecule has 0 aliphatic carbocycles. The van der Waals surface area contributed by atoms with Crippen molar-refractivity contribution in [3.05, 3.63) is 93.0 Å². The lowest BCUT2D eigenvalue weighted by atomic mass is 10.1. The fourth-order valence-corrected chi connectivity index (χ4v) is 6.34. The van der Waals surface area contributed by atoms with Gasteiger partial charge in [-0.2, -0.15) is 0 Å². The number of hydrogen-bond donors (Lipinski definition) is 1. The van der Waals surface area contributed by atoms with Crippen LogP contribution in [-0.2, 0) is 26.2 Å². The standard InChI is InChI=1S/C32H39Cl2N3O4S/c1-8-28(31(39)35-32(5,6)7)36(19-24-13-16-26(33)27(34)18-24)30(38)20-37(29-17-22(3)9-12-23(29)4)42(40,41)25-14-10-21(2)11-15-25/h9-18,28H,8,19-20H2,1-7H3,(H,35,39). The van der Waals surface area contributed by atoms with Crippen molar-refractivity contribution in [3.8, 4) is 0 Å². The van der Waals surface area contributed by atoms with Crippen molar-refractivity contribution in [1.29, 1.82) is 0 Å². The van der Waals surface area contributed by atoms with Crippen LogP contribution in [0, 0.1) is 20.8 Å². The molecule has 0 aliphatic rings. The van der Waals surface area contributed by atoms with Crippen molar-refractivity contribution in [3.63, 3.8) is 0 Å². The van der Waals surface area contributed by atoms with E-state index in [4.69, 9.17) is 23.2 Å². The smallest absolute Gasteiger partial charge is 0.264 e. The molecule has 1 unspecified atom stereocenters. The van der Waals surface area contributed by atoms with Crippen molar-refractivity contribution < 1.29 is 18.0 Å². The fourth-order valence-electron chi connectivity index (χ4n) is 4.55. The summed E-state index contributed by atoms with van der Waals surface area (Å²) >= 11 is 12.4. The molecule has 3 aromatic rings. The second-order valence-corrected chi connectivity index (χ2v) is 14.2. The molecule has 0 aliphatic heterocycles. The lowest BCUT2D eigenvalue weighted by molar-refractivity contribution is -0.141. The van der Waals surface area contributed by atoms with Crippen molar-refractivity contribution in [2.75, 3.05) is 10.8 Å². The molecule has 42 heavy (non-hydrogen) atoms. The normalized spacial score (nSPS) is 12.5. The van der Waals surface area contributed by atoms with E-state index in [9.17, 15) is 18.0 Å². The van der Waals surface area contributed by atoms with Crippen LogP contribution in [0.3, 0.4) is 0 Å². The molecule has 0 spiro atoms. The van der Waals surface area contributed by atoms with Gasteiger partial charge < -0.3 is 10.2 Å². The van der Waals surface area contributed by atoms with Gasteiger partial charge in [-0.25, -0.2) is 8.42 Å². The highest BCUT2D eigenvalue weighted by atomic mass is 35.5. The average Bonchev–Trinajstić information content (AvgIpc) is 2.89. The number of aryl methyl sites for hydroxylation is 3. The van der Waals surface area contributed by atoms with Crippen LogP contribution in [0.4, 0.5) is 5.69 Å². The molecule has 10 heteroatoms. The highest BCUT2D eigenvalue weighted by Crippen LogP contribution is 2.29. The first-order valence-corrected chi connectivity index (χ1v) is 15.9. The zero-order valence-electron chi connectivity index (χ0n) is 25.2. The summed E-state index contributed by atoms with van der Waals surface area (Å²) in [6.07, 6.45) is 0.309. The Morgan fingerprint density at radius 3 is 2.07 bits per heavy atom. The first-order chi connectivity index (χ1) is 19.5. The number of nitrogens with one attached hydrogen (secondary N) is 1. The van der Waals surface area contributed by atoms with Gasteiger partial charge in [-0.15, -0.1) is 0 Å². The van der Waals surface area contributed by atoms with Crippen molar-refractivity contribution in [1.82, 2.24) is 10.2 Å². The zero-order chi connectivity index (χ0) is 31.4. The van der Waals surface area contributed by atoms with Crippen LogP contribution in [-0.4, -0.2) is 43.3 Å². The summed E-state index contributed by atoms with van der Waals surface area (Å²) in [7, 11) is -4.16. The largest absolute Gasteiger partial charge is 0.350 e. The number of halogens is 2. The van der Waals surface area contributed by atoms with Gasteiger partial charge in [0.25, 0.3) is 10.0 Å². The predicted molar refractivity (Wildman–Crippen MR) is 171 cm³/mol. The first kappa shape index (κ1) is 33.4. The van der Waals surface area contributed by atoms with E-state index in [-0.39, 0.29) is 17.3 Å². The number of hydrogen-bond acceptors (Lipinski definition) is 4. The van der Waals surface area contributed by atoms with Gasteiger partial charge >= 0.3 is 0 Å². The maximum absolute atomic E-state index is 14.3. The highest BCUT2D eigenvalue weighted by Gasteiger charge is 2.35. The van der Waals surface area contributed by atoms with Gasteiger partial charge in [0.15, 0.2) is 0 Å². The molecule has 7 nitrogen and oxygen atoms in total. The molecule has 1 atom stereocenters. The number of rotatable bonds is 10. The Balaban J connectivity index is 2.13. The molecule has 226 valence electrons. The number of amides is 2. The molecule has 3 rings (SSSR count). The monoisotopic (exact) mass is 631 g/mol. The van der Waals surface area contributed by atoms with Crippen LogP contribution in [0.15, 0.2) is 65.6 Å². The summed E-state index contributed by atoms with van der Waals surface area (Å²) in [6.45, 7) is 12.4. The second-order valence-electron chi connectivity index (χ2n) is 11.5. The van der Waals surface area contributed by atoms with Gasteiger partial charge in [0.1, 0.15) is 12.6 Å². The number of carbonyl (C=O) groups excluding carboxylic acids is 2. The van der Waals surface area contributed by atoms with E-state index >= 15 is 0 Å². The molecule has 0 heterocycles. The fraction of sp³-hybridized carbons (Fsp3) is 0.375. The van der Waals surface area contributed by atoms with Crippen LogP contribution < -0.4 is 9.62 Å². The lowest BCUT2D eigenvalue weighted by Crippen LogP contribution is -2.55. The SMILES string of the molecule is CCC(C(=O)NC(C)(C)C)N(Cc1ccc(Cl)c(Cl)c1)C(=O)CN(c1cc(C)ccc1C)S(=O)(=O)c1ccc(C)cc1. The highest BCUT2D eigenvalue weighted by molar-refractivity contribution is 7.92. The molecular formula is C32H39Cl2N3O4S. The molecule has 0 bridgehead atoms. The lowest BCUT2D eigenvalue weighted by Gasteiger charge is -2.35. The van der Waals surface area contributed by atoms with Crippen LogP contribution >= 0.6 is 23.2 Å². The molecule has 2 amide bonds. The Labute approximate surface area is 259 Å². The molecule has 0 saturated carbocycles. The third kappa shape index (κ3) is 8.27. The van der Waals surface area contributed by atoms with E-state index in [1.54, 1.807) is 43.3 Å². The van der Waals surface area contributed by atoms with Gasteiger partial charge in [-0.3, -0.25) is 13.9 Å². The Kier molecular flexibility index (Phi) is 10.7. The maximum atomic E-state index is 14.3. The Morgan fingerprint density at radius 1 is 0.881 bits per heavy atom. The minimum Gasteiger partial charge on any atom is -0.350 e. The Morgan fingerprint density at radius 2 is 1.50 bits per heavy atom. The summed E-state index contributed by atoms with van der Waals surface area (Å²) in [4.78, 5) is 29.2. The predicted octanol–water partition coefficient (Wildman–Crippen LogP) is 6.84. The van der Waals surface area contributed by atoms with Gasteiger partial charge in [0.05, 0.1) is 20.6 Å². The average molecular weight is 633 g/mol. The van der Waals surface area contributed by atoms with E-state index in [0.29, 0.717) is 33.3 Å². The summed E-state index contributed by atoms with van der Waals surface area (Å²) in [5.41, 5.74) is 2.95. The summed E-state index contributed by atoms with van der Waals surface area (Å²) in [6, 6.07) is 16.1. The summed E-state index contributed by atoms with van der Waals surface area (Å²) in [5, 5.41) is 3.64. The van der Waals surface area contributed by atoms with Crippen molar-refractivity contribution in [2.45, 2.75) is 77.9 Å². The van der Waals surface area contributed by atoms with Gasteiger partial charge in [-0.1, -0.05) is 66.0 Å². The van der Waals surface area contributed by atoms with E-state index in [2.05, 4.69) is 5.32 Å². The quantitative estimate of drug-likeness (QED) is 0.265. The molecule has 3 aromatic carbocycles. The number of sulfonamides is 1. The second kappa shape index (κ2) is 13.5. The van der Waals surface area contributed by atoms with Crippen LogP contribution in [0.2, 0.25) is 10.0 Å².